The van der Waals surface area contributed by atoms with Gasteiger partial charge in [0.15, 0.2) is 11.5 Å². The minimum Gasteiger partial charge on any atom is -0.454 e. The quantitative estimate of drug-likeness (QED) is 0.739. The zero-order valence-electron chi connectivity index (χ0n) is 15.2. The molecule has 3 aromatic rings. The van der Waals surface area contributed by atoms with Crippen LogP contribution in [-0.2, 0) is 24.4 Å². The topological polar surface area (TPSA) is 87.4 Å². The fraction of sp³-hybridized carbons (Fsp3) is 0.316. The Morgan fingerprint density at radius 3 is 2.89 bits per heavy atom. The van der Waals surface area contributed by atoms with Gasteiger partial charge in [0, 0.05) is 24.7 Å². The van der Waals surface area contributed by atoms with Crippen molar-refractivity contribution in [2.45, 2.75) is 33.5 Å². The summed E-state index contributed by atoms with van der Waals surface area (Å²) in [5.41, 5.74) is 2.02. The summed E-state index contributed by atoms with van der Waals surface area (Å²) in [5, 5.41) is 8.02. The molecule has 8 heteroatoms. The number of carbonyl (C=O) groups excluding carboxylic acids is 1. The molecule has 0 saturated carbocycles. The van der Waals surface area contributed by atoms with Crippen LogP contribution in [0.3, 0.4) is 0 Å². The molecule has 1 amide bonds. The van der Waals surface area contributed by atoms with Gasteiger partial charge in [0.1, 0.15) is 12.1 Å². The van der Waals surface area contributed by atoms with Gasteiger partial charge in [-0.1, -0.05) is 6.07 Å². The molecule has 0 aliphatic carbocycles. The summed E-state index contributed by atoms with van der Waals surface area (Å²) in [6.45, 7) is 4.91. The lowest BCUT2D eigenvalue weighted by Crippen LogP contribution is -2.32. The maximum atomic E-state index is 12.8. The third-order valence-corrected chi connectivity index (χ3v) is 4.60. The fourth-order valence-electron chi connectivity index (χ4n) is 3.20. The summed E-state index contributed by atoms with van der Waals surface area (Å²) in [5.74, 6) is 1.13. The van der Waals surface area contributed by atoms with Gasteiger partial charge in [-0.2, -0.15) is 5.10 Å². The largest absolute Gasteiger partial charge is 0.454 e. The highest BCUT2D eigenvalue weighted by molar-refractivity contribution is 5.81. The van der Waals surface area contributed by atoms with Crippen molar-refractivity contribution < 1.29 is 14.3 Å². The van der Waals surface area contributed by atoms with Gasteiger partial charge in [0.25, 0.3) is 5.56 Å². The molecular weight excluding hydrogens is 348 g/mol. The van der Waals surface area contributed by atoms with Crippen LogP contribution in [-0.4, -0.2) is 27.0 Å². The van der Waals surface area contributed by atoms with Crippen LogP contribution in [0.4, 0.5) is 0 Å². The van der Waals surface area contributed by atoms with E-state index in [1.54, 1.807) is 10.9 Å². The number of rotatable bonds is 5. The molecule has 140 valence electrons. The van der Waals surface area contributed by atoms with Crippen molar-refractivity contribution in [1.29, 1.82) is 0 Å². The van der Waals surface area contributed by atoms with Crippen molar-refractivity contribution in [1.82, 2.24) is 19.7 Å². The van der Waals surface area contributed by atoms with E-state index in [0.717, 1.165) is 16.6 Å². The number of ether oxygens (including phenoxy) is 2. The Kier molecular flexibility index (Phi) is 4.31. The Morgan fingerprint density at radius 2 is 2.07 bits per heavy atom. The predicted molar refractivity (Wildman–Crippen MR) is 98.8 cm³/mol. The molecule has 4 rings (SSSR count). The average molecular weight is 368 g/mol. The Bertz CT molecular complexity index is 1080. The molecule has 0 atom stereocenters. The molecule has 3 heterocycles. The van der Waals surface area contributed by atoms with E-state index >= 15 is 0 Å². The molecule has 0 radical (unpaired) electrons. The number of benzene rings is 1. The first-order valence-electron chi connectivity index (χ1n) is 8.78. The Hall–Kier alpha value is -3.29. The van der Waals surface area contributed by atoms with Crippen LogP contribution < -0.4 is 20.3 Å². The van der Waals surface area contributed by atoms with Crippen molar-refractivity contribution in [3.05, 3.63) is 52.1 Å². The monoisotopic (exact) mass is 368 g/mol. The van der Waals surface area contributed by atoms with Crippen LogP contribution >= 0.6 is 0 Å². The number of nitrogens with one attached hydrogen (secondary N) is 1. The normalized spacial score (nSPS) is 12.5. The third kappa shape index (κ3) is 3.14. The minimum absolute atomic E-state index is 0.0483. The number of hydrogen-bond donors (Lipinski definition) is 1. The van der Waals surface area contributed by atoms with Gasteiger partial charge in [-0.25, -0.2) is 0 Å². The standard InChI is InChI=1S/C19H20N4O4/c1-3-23-18-14(12(2)21-23)6-7-22(19(18)25)10-17(24)20-9-13-4-5-15-16(8-13)27-11-26-15/h4-8H,3,9-11H2,1-2H3,(H,20,24). The maximum absolute atomic E-state index is 12.8. The zero-order valence-corrected chi connectivity index (χ0v) is 15.2. The lowest BCUT2D eigenvalue weighted by Gasteiger charge is -2.09. The zero-order chi connectivity index (χ0) is 19.0. The van der Waals surface area contributed by atoms with Gasteiger partial charge in [0.05, 0.1) is 5.69 Å². The van der Waals surface area contributed by atoms with Crippen molar-refractivity contribution >= 4 is 16.8 Å². The molecule has 0 bridgehead atoms. The maximum Gasteiger partial charge on any atom is 0.277 e. The first-order chi connectivity index (χ1) is 13.1. The molecule has 8 nitrogen and oxygen atoms in total. The lowest BCUT2D eigenvalue weighted by atomic mass is 10.2. The van der Waals surface area contributed by atoms with Crippen LogP contribution in [0.1, 0.15) is 18.2 Å². The SMILES string of the molecule is CCn1nc(C)c2ccn(CC(=O)NCc3ccc4c(c3)OCO4)c(=O)c21. The van der Waals surface area contributed by atoms with E-state index in [9.17, 15) is 9.59 Å². The van der Waals surface area contributed by atoms with Crippen molar-refractivity contribution in [3.63, 3.8) is 0 Å². The van der Waals surface area contributed by atoms with Crippen molar-refractivity contribution in [2.75, 3.05) is 6.79 Å². The van der Waals surface area contributed by atoms with Gasteiger partial charge >= 0.3 is 0 Å². The summed E-state index contributed by atoms with van der Waals surface area (Å²) in [6.07, 6.45) is 1.64. The molecule has 0 fully saturated rings. The summed E-state index contributed by atoms with van der Waals surface area (Å²) >= 11 is 0. The number of hydrogen-bond acceptors (Lipinski definition) is 5. The Labute approximate surface area is 155 Å². The number of nitrogens with zero attached hydrogens (tertiary/aromatic N) is 3. The second-order valence-electron chi connectivity index (χ2n) is 6.38. The van der Waals surface area contributed by atoms with Crippen LogP contribution in [0, 0.1) is 6.92 Å². The molecule has 0 spiro atoms. The molecule has 0 unspecified atom stereocenters. The smallest absolute Gasteiger partial charge is 0.277 e. The number of pyridine rings is 1. The summed E-state index contributed by atoms with van der Waals surface area (Å²) < 4.78 is 13.7. The van der Waals surface area contributed by atoms with Crippen LogP contribution in [0.25, 0.3) is 10.9 Å². The number of amides is 1. The van der Waals surface area contributed by atoms with Crippen molar-refractivity contribution in [2.24, 2.45) is 0 Å². The molecule has 1 N–H and O–H groups in total. The first kappa shape index (κ1) is 17.1. The Morgan fingerprint density at radius 1 is 1.26 bits per heavy atom. The average Bonchev–Trinajstić information content (AvgIpc) is 3.26. The number of aryl methyl sites for hydroxylation is 2. The second-order valence-corrected chi connectivity index (χ2v) is 6.38. The molecule has 1 aliphatic rings. The molecular formula is C19H20N4O4. The highest BCUT2D eigenvalue weighted by atomic mass is 16.7. The van der Waals surface area contributed by atoms with Gasteiger partial charge in [-0.15, -0.1) is 0 Å². The van der Waals surface area contributed by atoms with E-state index in [1.165, 1.54) is 4.57 Å². The molecule has 27 heavy (non-hydrogen) atoms. The highest BCUT2D eigenvalue weighted by Gasteiger charge is 2.15. The number of fused-ring (bicyclic) bond motifs is 2. The van der Waals surface area contributed by atoms with Crippen molar-refractivity contribution in [3.8, 4) is 11.5 Å². The number of aromatic nitrogens is 3. The fourth-order valence-corrected chi connectivity index (χ4v) is 3.20. The number of carbonyl (C=O) groups is 1. The van der Waals surface area contributed by atoms with Gasteiger partial charge in [-0.05, 0) is 37.6 Å². The van der Waals surface area contributed by atoms with Gasteiger partial charge < -0.3 is 19.4 Å². The summed E-state index contributed by atoms with van der Waals surface area (Å²) in [4.78, 5) is 25.1. The van der Waals surface area contributed by atoms with E-state index in [2.05, 4.69) is 10.4 Å². The van der Waals surface area contributed by atoms with Gasteiger partial charge in [-0.3, -0.25) is 14.3 Å². The third-order valence-electron chi connectivity index (χ3n) is 4.60. The second kappa shape index (κ2) is 6.79. The van der Waals surface area contributed by atoms with Crippen LogP contribution in [0.15, 0.2) is 35.3 Å². The minimum atomic E-state index is -0.242. The van der Waals surface area contributed by atoms with E-state index in [1.807, 2.05) is 38.1 Å². The lowest BCUT2D eigenvalue weighted by molar-refractivity contribution is -0.121. The predicted octanol–water partition coefficient (Wildman–Crippen LogP) is 1.57. The first-order valence-corrected chi connectivity index (χ1v) is 8.78. The van der Waals surface area contributed by atoms with E-state index in [-0.39, 0.29) is 24.8 Å². The van der Waals surface area contributed by atoms with E-state index in [4.69, 9.17) is 9.47 Å². The molecule has 0 saturated heterocycles. The molecule has 1 aliphatic heterocycles. The molecule has 1 aromatic carbocycles. The van der Waals surface area contributed by atoms with Crippen LogP contribution in [0.2, 0.25) is 0 Å². The summed E-state index contributed by atoms with van der Waals surface area (Å²) in [7, 11) is 0. The summed E-state index contributed by atoms with van der Waals surface area (Å²) in [6, 6.07) is 7.35. The van der Waals surface area contributed by atoms with E-state index < -0.39 is 0 Å². The van der Waals surface area contributed by atoms with Gasteiger partial charge in [0.2, 0.25) is 12.7 Å². The Balaban J connectivity index is 1.48. The van der Waals surface area contributed by atoms with Crippen LogP contribution in [0.5, 0.6) is 11.5 Å². The highest BCUT2D eigenvalue weighted by Crippen LogP contribution is 2.32. The molecule has 2 aromatic heterocycles. The van der Waals surface area contributed by atoms with E-state index in [0.29, 0.717) is 30.1 Å².